The Bertz CT molecular complexity index is 1040. The Balaban J connectivity index is 1.44. The summed E-state index contributed by atoms with van der Waals surface area (Å²) in [5.41, 5.74) is 2.70. The summed E-state index contributed by atoms with van der Waals surface area (Å²) in [4.78, 5) is 20.8. The number of benzene rings is 2. The first-order chi connectivity index (χ1) is 13.6. The Hall–Kier alpha value is -3.32. The SMILES string of the molecule is Cc1c(Cl)cccc1NC(=O)c1cc(NCc2ccc3c(c2)OCO3)ncn1. The van der Waals surface area contributed by atoms with Gasteiger partial charge in [-0.25, -0.2) is 9.97 Å². The van der Waals surface area contributed by atoms with E-state index in [1.54, 1.807) is 24.3 Å². The summed E-state index contributed by atoms with van der Waals surface area (Å²) >= 11 is 6.10. The molecule has 4 rings (SSSR count). The minimum Gasteiger partial charge on any atom is -0.454 e. The lowest BCUT2D eigenvalue weighted by atomic mass is 10.2. The molecule has 8 heteroatoms. The van der Waals surface area contributed by atoms with Gasteiger partial charge in [0.05, 0.1) is 0 Å². The third kappa shape index (κ3) is 3.84. The van der Waals surface area contributed by atoms with Crippen LogP contribution in [0.5, 0.6) is 11.5 Å². The molecule has 28 heavy (non-hydrogen) atoms. The van der Waals surface area contributed by atoms with Crippen molar-refractivity contribution in [1.29, 1.82) is 0 Å². The van der Waals surface area contributed by atoms with Gasteiger partial charge < -0.3 is 20.1 Å². The molecule has 3 aromatic rings. The predicted octanol–water partition coefficient (Wildman–Crippen LogP) is 4.03. The zero-order valence-corrected chi connectivity index (χ0v) is 15.8. The van der Waals surface area contributed by atoms with E-state index in [2.05, 4.69) is 20.6 Å². The zero-order chi connectivity index (χ0) is 19.5. The molecule has 2 N–H and O–H groups in total. The van der Waals surface area contributed by atoms with Gasteiger partial charge in [-0.3, -0.25) is 4.79 Å². The molecule has 0 saturated heterocycles. The third-order valence-electron chi connectivity index (χ3n) is 4.33. The van der Waals surface area contributed by atoms with Crippen LogP contribution in [-0.2, 0) is 6.54 Å². The van der Waals surface area contributed by atoms with Gasteiger partial charge in [-0.1, -0.05) is 23.7 Å². The van der Waals surface area contributed by atoms with Crippen LogP contribution >= 0.6 is 11.6 Å². The van der Waals surface area contributed by atoms with E-state index < -0.39 is 0 Å². The van der Waals surface area contributed by atoms with Gasteiger partial charge in [-0.15, -0.1) is 0 Å². The van der Waals surface area contributed by atoms with Crippen LogP contribution in [0.3, 0.4) is 0 Å². The standard InChI is InChI=1S/C20H17ClN4O3/c1-12-14(21)3-2-4-15(12)25-20(26)16-8-19(24-10-23-16)22-9-13-5-6-17-18(7-13)28-11-27-17/h2-8,10H,9,11H2,1H3,(H,25,26)(H,22,23,24). The second-order valence-corrected chi connectivity index (χ2v) is 6.60. The molecule has 1 aliphatic heterocycles. The summed E-state index contributed by atoms with van der Waals surface area (Å²) in [6.07, 6.45) is 1.35. The fourth-order valence-corrected chi connectivity index (χ4v) is 2.93. The number of hydrogen-bond donors (Lipinski definition) is 2. The third-order valence-corrected chi connectivity index (χ3v) is 4.74. The quantitative estimate of drug-likeness (QED) is 0.677. The number of carbonyl (C=O) groups is 1. The van der Waals surface area contributed by atoms with Gasteiger partial charge >= 0.3 is 0 Å². The summed E-state index contributed by atoms with van der Waals surface area (Å²) < 4.78 is 10.7. The van der Waals surface area contributed by atoms with Crippen molar-refractivity contribution >= 4 is 29.0 Å². The summed E-state index contributed by atoms with van der Waals surface area (Å²) in [5.74, 6) is 1.67. The number of fused-ring (bicyclic) bond motifs is 1. The van der Waals surface area contributed by atoms with Gasteiger partial charge in [0.2, 0.25) is 6.79 Å². The maximum atomic E-state index is 12.5. The van der Waals surface area contributed by atoms with E-state index in [0.717, 1.165) is 22.6 Å². The molecule has 2 heterocycles. The molecule has 1 aliphatic rings. The number of nitrogens with zero attached hydrogens (tertiary/aromatic N) is 2. The van der Waals surface area contributed by atoms with Crippen LogP contribution in [0.1, 0.15) is 21.6 Å². The molecular formula is C20H17ClN4O3. The van der Waals surface area contributed by atoms with Crippen molar-refractivity contribution in [3.63, 3.8) is 0 Å². The van der Waals surface area contributed by atoms with E-state index in [1.807, 2.05) is 25.1 Å². The lowest BCUT2D eigenvalue weighted by molar-refractivity contribution is 0.102. The van der Waals surface area contributed by atoms with Crippen LogP contribution in [-0.4, -0.2) is 22.7 Å². The molecule has 142 valence electrons. The second-order valence-electron chi connectivity index (χ2n) is 6.20. The number of anilines is 2. The smallest absolute Gasteiger partial charge is 0.274 e. The number of rotatable bonds is 5. The molecule has 1 amide bonds. The Morgan fingerprint density at radius 2 is 2.00 bits per heavy atom. The van der Waals surface area contributed by atoms with Gasteiger partial charge in [-0.05, 0) is 42.3 Å². The van der Waals surface area contributed by atoms with Crippen molar-refractivity contribution in [3.8, 4) is 11.5 Å². The van der Waals surface area contributed by atoms with E-state index >= 15 is 0 Å². The molecular weight excluding hydrogens is 380 g/mol. The van der Waals surface area contributed by atoms with Crippen molar-refractivity contribution in [2.24, 2.45) is 0 Å². The van der Waals surface area contributed by atoms with E-state index in [9.17, 15) is 4.79 Å². The fraction of sp³-hybridized carbons (Fsp3) is 0.150. The first-order valence-electron chi connectivity index (χ1n) is 8.61. The topological polar surface area (TPSA) is 85.4 Å². The number of halogens is 1. The molecule has 0 spiro atoms. The number of aromatic nitrogens is 2. The zero-order valence-electron chi connectivity index (χ0n) is 15.0. The highest BCUT2D eigenvalue weighted by atomic mass is 35.5. The monoisotopic (exact) mass is 396 g/mol. The molecule has 2 aromatic carbocycles. The number of ether oxygens (including phenoxy) is 2. The summed E-state index contributed by atoms with van der Waals surface area (Å²) in [7, 11) is 0. The van der Waals surface area contributed by atoms with E-state index in [4.69, 9.17) is 21.1 Å². The molecule has 0 aliphatic carbocycles. The van der Waals surface area contributed by atoms with E-state index in [1.165, 1.54) is 6.33 Å². The van der Waals surface area contributed by atoms with Crippen LogP contribution < -0.4 is 20.1 Å². The Morgan fingerprint density at radius 3 is 2.89 bits per heavy atom. The largest absolute Gasteiger partial charge is 0.454 e. The van der Waals surface area contributed by atoms with Crippen molar-refractivity contribution in [1.82, 2.24) is 9.97 Å². The average molecular weight is 397 g/mol. The molecule has 0 fully saturated rings. The Morgan fingerprint density at radius 1 is 1.14 bits per heavy atom. The average Bonchev–Trinajstić information content (AvgIpc) is 3.18. The van der Waals surface area contributed by atoms with Crippen molar-refractivity contribution in [3.05, 3.63) is 70.6 Å². The highest BCUT2D eigenvalue weighted by molar-refractivity contribution is 6.31. The van der Waals surface area contributed by atoms with Gasteiger partial charge in [0.15, 0.2) is 11.5 Å². The molecule has 1 aromatic heterocycles. The highest BCUT2D eigenvalue weighted by Crippen LogP contribution is 2.32. The highest BCUT2D eigenvalue weighted by Gasteiger charge is 2.14. The van der Waals surface area contributed by atoms with Gasteiger partial charge in [0.1, 0.15) is 17.8 Å². The summed E-state index contributed by atoms with van der Waals surface area (Å²) in [5, 5.41) is 6.60. The van der Waals surface area contributed by atoms with E-state index in [0.29, 0.717) is 23.1 Å². The number of hydrogen-bond acceptors (Lipinski definition) is 6. The van der Waals surface area contributed by atoms with Crippen molar-refractivity contribution < 1.29 is 14.3 Å². The molecule has 0 bridgehead atoms. The van der Waals surface area contributed by atoms with Gasteiger partial charge in [-0.2, -0.15) is 0 Å². The van der Waals surface area contributed by atoms with Crippen molar-refractivity contribution in [2.75, 3.05) is 17.4 Å². The summed E-state index contributed by atoms with van der Waals surface area (Å²) in [6, 6.07) is 12.7. The van der Waals surface area contributed by atoms with Gasteiger partial charge in [0.25, 0.3) is 5.91 Å². The fourth-order valence-electron chi connectivity index (χ4n) is 2.75. The minimum absolute atomic E-state index is 0.239. The van der Waals surface area contributed by atoms with Gasteiger partial charge in [0, 0.05) is 23.3 Å². The maximum absolute atomic E-state index is 12.5. The maximum Gasteiger partial charge on any atom is 0.274 e. The number of amides is 1. The normalized spacial score (nSPS) is 11.9. The molecule has 0 saturated carbocycles. The molecule has 0 radical (unpaired) electrons. The number of nitrogens with one attached hydrogen (secondary N) is 2. The van der Waals surface area contributed by atoms with E-state index in [-0.39, 0.29) is 18.4 Å². The minimum atomic E-state index is -0.334. The molecule has 0 unspecified atom stereocenters. The Labute approximate surface area is 166 Å². The van der Waals surface area contributed by atoms with Crippen LogP contribution in [0.25, 0.3) is 0 Å². The van der Waals surface area contributed by atoms with Crippen molar-refractivity contribution in [2.45, 2.75) is 13.5 Å². The Kier molecular flexibility index (Phi) is 4.99. The van der Waals surface area contributed by atoms with Crippen LogP contribution in [0.15, 0.2) is 48.8 Å². The number of carbonyl (C=O) groups excluding carboxylic acids is 1. The summed E-state index contributed by atoms with van der Waals surface area (Å²) in [6.45, 7) is 2.60. The first kappa shape index (κ1) is 18.1. The molecule has 7 nitrogen and oxygen atoms in total. The lowest BCUT2D eigenvalue weighted by Crippen LogP contribution is -2.15. The molecule has 0 atom stereocenters. The first-order valence-corrected chi connectivity index (χ1v) is 8.99. The van der Waals surface area contributed by atoms with Crippen LogP contribution in [0.2, 0.25) is 5.02 Å². The second kappa shape index (κ2) is 7.74. The lowest BCUT2D eigenvalue weighted by Gasteiger charge is -2.10. The predicted molar refractivity (Wildman–Crippen MR) is 106 cm³/mol. The van der Waals surface area contributed by atoms with Crippen LogP contribution in [0.4, 0.5) is 11.5 Å². The van der Waals surface area contributed by atoms with Crippen LogP contribution in [0, 0.1) is 6.92 Å².